The Bertz CT molecular complexity index is 617. The third kappa shape index (κ3) is 4.29. The molecule has 5 nitrogen and oxygen atoms in total. The summed E-state index contributed by atoms with van der Waals surface area (Å²) in [5, 5.41) is 6.61. The number of nitrogen functional groups attached to an aromatic ring is 1. The van der Waals surface area contributed by atoms with Gasteiger partial charge in [-0.25, -0.2) is 4.98 Å². The van der Waals surface area contributed by atoms with E-state index in [0.29, 0.717) is 23.7 Å². The van der Waals surface area contributed by atoms with E-state index >= 15 is 0 Å². The van der Waals surface area contributed by atoms with E-state index < -0.39 is 0 Å². The molecule has 2 aromatic rings. The van der Waals surface area contributed by atoms with Crippen LogP contribution in [0.2, 0.25) is 0 Å². The Hall–Kier alpha value is -1.92. The monoisotopic (exact) mass is 316 g/mol. The zero-order valence-corrected chi connectivity index (χ0v) is 13.2. The number of nitrogens with zero attached hydrogens (tertiary/aromatic N) is 2. The van der Waals surface area contributed by atoms with Crippen molar-refractivity contribution in [3.63, 3.8) is 0 Å². The fourth-order valence-corrected chi connectivity index (χ4v) is 3.02. The van der Waals surface area contributed by atoms with Crippen LogP contribution in [-0.2, 0) is 11.3 Å². The Morgan fingerprint density at radius 1 is 1.32 bits per heavy atom. The van der Waals surface area contributed by atoms with E-state index in [9.17, 15) is 0 Å². The van der Waals surface area contributed by atoms with Crippen molar-refractivity contribution in [3.05, 3.63) is 40.8 Å². The molecule has 3 N–H and O–H groups in total. The summed E-state index contributed by atoms with van der Waals surface area (Å²) in [5.74, 6) is 0.509. The summed E-state index contributed by atoms with van der Waals surface area (Å²) in [6.07, 6.45) is 7.24. The van der Waals surface area contributed by atoms with Crippen LogP contribution in [0.5, 0.6) is 0 Å². The number of thiazole rings is 1. The van der Waals surface area contributed by atoms with E-state index in [1.54, 1.807) is 11.6 Å². The van der Waals surface area contributed by atoms with Crippen LogP contribution in [0.3, 0.4) is 0 Å². The first kappa shape index (κ1) is 15.0. The summed E-state index contributed by atoms with van der Waals surface area (Å²) in [5.41, 5.74) is 10.6. The molecule has 0 aliphatic heterocycles. The molecule has 1 heterocycles. The van der Waals surface area contributed by atoms with Gasteiger partial charge in [0.05, 0.1) is 18.9 Å². The Morgan fingerprint density at radius 3 is 2.77 bits per heavy atom. The van der Waals surface area contributed by atoms with Crippen LogP contribution in [0.15, 0.2) is 34.7 Å². The molecular weight excluding hydrogens is 296 g/mol. The molecule has 116 valence electrons. The van der Waals surface area contributed by atoms with Crippen molar-refractivity contribution in [2.75, 3.05) is 11.2 Å². The first-order valence-corrected chi connectivity index (χ1v) is 8.38. The summed E-state index contributed by atoms with van der Waals surface area (Å²) < 4.78 is 5.91. The lowest BCUT2D eigenvalue weighted by molar-refractivity contribution is 0.0457. The molecule has 1 aromatic carbocycles. The van der Waals surface area contributed by atoms with Crippen LogP contribution < -0.4 is 11.2 Å². The van der Waals surface area contributed by atoms with Gasteiger partial charge in [0.25, 0.3) is 0 Å². The van der Waals surface area contributed by atoms with Crippen LogP contribution in [0.25, 0.3) is 0 Å². The molecule has 1 aliphatic rings. The molecule has 0 atom stereocenters. The van der Waals surface area contributed by atoms with Gasteiger partial charge in [0, 0.05) is 5.38 Å². The average molecular weight is 316 g/mol. The topological polar surface area (TPSA) is 72.5 Å². The summed E-state index contributed by atoms with van der Waals surface area (Å²) >= 11 is 1.43. The number of hydrogen-bond acceptors (Lipinski definition) is 6. The number of benzene rings is 1. The average Bonchev–Trinajstić information content (AvgIpc) is 3.18. The first-order chi connectivity index (χ1) is 10.8. The van der Waals surface area contributed by atoms with E-state index in [4.69, 9.17) is 10.5 Å². The summed E-state index contributed by atoms with van der Waals surface area (Å²) in [6.45, 7) is 0.693. The van der Waals surface area contributed by atoms with Crippen LogP contribution in [0.1, 0.15) is 36.8 Å². The highest BCUT2D eigenvalue weighted by Gasteiger charge is 2.14. The normalized spacial score (nSPS) is 15.6. The third-order valence-electron chi connectivity index (χ3n) is 3.66. The van der Waals surface area contributed by atoms with Crippen molar-refractivity contribution in [2.45, 2.75) is 38.4 Å². The third-order valence-corrected chi connectivity index (χ3v) is 4.43. The molecule has 0 unspecified atom stereocenters. The van der Waals surface area contributed by atoms with Gasteiger partial charge >= 0.3 is 0 Å². The number of nitrogens with one attached hydrogen (secondary N) is 1. The van der Waals surface area contributed by atoms with Crippen molar-refractivity contribution < 1.29 is 4.74 Å². The standard InChI is InChI=1S/C16H20N4OS/c17-15-11-22-16(19-15)20-18-9-12-5-7-13(8-6-12)10-21-14-3-1-2-4-14/h5-9,11,14H,1-4,10,17H2,(H,19,20). The molecule has 3 rings (SSSR count). The number of hydrazone groups is 1. The van der Waals surface area contributed by atoms with E-state index in [-0.39, 0.29) is 0 Å². The maximum absolute atomic E-state index is 5.91. The lowest BCUT2D eigenvalue weighted by Gasteiger charge is -2.10. The number of nitrogens with two attached hydrogens (primary N) is 1. The molecule has 1 fully saturated rings. The molecule has 1 aliphatic carbocycles. The Labute approximate surface area is 134 Å². The van der Waals surface area contributed by atoms with Gasteiger partial charge in [0.1, 0.15) is 5.82 Å². The molecule has 0 bridgehead atoms. The van der Waals surface area contributed by atoms with Gasteiger partial charge in [-0.15, -0.1) is 11.3 Å². The quantitative estimate of drug-likeness (QED) is 0.630. The molecule has 1 aromatic heterocycles. The lowest BCUT2D eigenvalue weighted by Crippen LogP contribution is -2.07. The largest absolute Gasteiger partial charge is 0.383 e. The van der Waals surface area contributed by atoms with E-state index in [0.717, 1.165) is 5.56 Å². The Balaban J connectivity index is 1.48. The summed E-state index contributed by atoms with van der Waals surface area (Å²) in [6, 6.07) is 8.23. The number of ether oxygens (including phenoxy) is 1. The number of rotatable bonds is 6. The van der Waals surface area contributed by atoms with Crippen molar-refractivity contribution >= 4 is 28.5 Å². The molecule has 22 heavy (non-hydrogen) atoms. The SMILES string of the molecule is Nc1csc(NN=Cc2ccc(COC3CCCC3)cc2)n1. The van der Waals surface area contributed by atoms with Crippen molar-refractivity contribution in [1.82, 2.24) is 4.98 Å². The second kappa shape index (κ2) is 7.38. The van der Waals surface area contributed by atoms with Gasteiger partial charge in [0.2, 0.25) is 5.13 Å². The highest BCUT2D eigenvalue weighted by Crippen LogP contribution is 2.22. The van der Waals surface area contributed by atoms with Gasteiger partial charge in [-0.2, -0.15) is 5.10 Å². The predicted octanol–water partition coefficient (Wildman–Crippen LogP) is 3.63. The number of hydrogen-bond donors (Lipinski definition) is 2. The molecule has 6 heteroatoms. The van der Waals surface area contributed by atoms with Crippen LogP contribution in [-0.4, -0.2) is 17.3 Å². The van der Waals surface area contributed by atoms with E-state index in [1.165, 1.54) is 42.6 Å². The maximum atomic E-state index is 5.91. The minimum Gasteiger partial charge on any atom is -0.383 e. The van der Waals surface area contributed by atoms with Crippen LogP contribution >= 0.6 is 11.3 Å². The summed E-state index contributed by atoms with van der Waals surface area (Å²) in [4.78, 5) is 4.07. The molecule has 0 saturated heterocycles. The Morgan fingerprint density at radius 2 is 2.09 bits per heavy atom. The fraction of sp³-hybridized carbons (Fsp3) is 0.375. The summed E-state index contributed by atoms with van der Waals surface area (Å²) in [7, 11) is 0. The fourth-order valence-electron chi connectivity index (χ4n) is 2.47. The second-order valence-electron chi connectivity index (χ2n) is 5.41. The molecule has 1 saturated carbocycles. The van der Waals surface area contributed by atoms with Gasteiger partial charge in [0.15, 0.2) is 0 Å². The van der Waals surface area contributed by atoms with Gasteiger partial charge in [-0.05, 0) is 24.0 Å². The van der Waals surface area contributed by atoms with Gasteiger partial charge < -0.3 is 10.5 Å². The number of anilines is 2. The minimum absolute atomic E-state index is 0.455. The van der Waals surface area contributed by atoms with Gasteiger partial charge in [-0.3, -0.25) is 5.43 Å². The van der Waals surface area contributed by atoms with E-state index in [1.807, 2.05) is 12.1 Å². The van der Waals surface area contributed by atoms with Gasteiger partial charge in [-0.1, -0.05) is 37.1 Å². The van der Waals surface area contributed by atoms with Crippen molar-refractivity contribution in [2.24, 2.45) is 5.10 Å². The number of aromatic nitrogens is 1. The Kier molecular flexibility index (Phi) is 5.03. The second-order valence-corrected chi connectivity index (χ2v) is 6.26. The maximum Gasteiger partial charge on any atom is 0.205 e. The zero-order chi connectivity index (χ0) is 15.2. The van der Waals surface area contributed by atoms with Crippen molar-refractivity contribution in [3.8, 4) is 0 Å². The molecular formula is C16H20N4OS. The predicted molar refractivity (Wildman–Crippen MR) is 91.2 cm³/mol. The highest BCUT2D eigenvalue weighted by molar-refractivity contribution is 7.14. The van der Waals surface area contributed by atoms with Crippen LogP contribution in [0, 0.1) is 0 Å². The van der Waals surface area contributed by atoms with Crippen molar-refractivity contribution in [1.29, 1.82) is 0 Å². The molecule has 0 spiro atoms. The lowest BCUT2D eigenvalue weighted by atomic mass is 10.1. The molecule has 0 radical (unpaired) electrons. The highest BCUT2D eigenvalue weighted by atomic mass is 32.1. The zero-order valence-electron chi connectivity index (χ0n) is 12.4. The minimum atomic E-state index is 0.455. The first-order valence-electron chi connectivity index (χ1n) is 7.50. The smallest absolute Gasteiger partial charge is 0.205 e. The van der Waals surface area contributed by atoms with Crippen LogP contribution in [0.4, 0.5) is 10.9 Å². The molecule has 0 amide bonds. The van der Waals surface area contributed by atoms with E-state index in [2.05, 4.69) is 27.6 Å².